The number of halogens is 3. The molecule has 0 spiro atoms. The molecule has 2 nitrogen and oxygen atoms in total. The van der Waals surface area contributed by atoms with Gasteiger partial charge in [0, 0.05) is 12.6 Å². The Kier molecular flexibility index (Phi) is 4.96. The fourth-order valence-corrected chi connectivity index (χ4v) is 1.34. The standard InChI is InChI=1S/C12H16F3NO/c1-9(2)16-7-10-5-3-4-6-11(10)8-17-12(13,14)15/h3-6,9,16H,7-8H2,1-2H3. The fraction of sp³-hybridized carbons (Fsp3) is 0.500. The molecule has 5 heteroatoms. The largest absolute Gasteiger partial charge is 0.522 e. The summed E-state index contributed by atoms with van der Waals surface area (Å²) in [4.78, 5) is 0. The summed E-state index contributed by atoms with van der Waals surface area (Å²) >= 11 is 0. The molecule has 0 amide bonds. The van der Waals surface area contributed by atoms with Gasteiger partial charge in [-0.15, -0.1) is 13.2 Å². The maximum atomic E-state index is 11.9. The summed E-state index contributed by atoms with van der Waals surface area (Å²) in [7, 11) is 0. The van der Waals surface area contributed by atoms with Crippen molar-refractivity contribution >= 4 is 0 Å². The van der Waals surface area contributed by atoms with Gasteiger partial charge in [0.25, 0.3) is 0 Å². The summed E-state index contributed by atoms with van der Waals surface area (Å²) in [5.74, 6) is 0. The van der Waals surface area contributed by atoms with Gasteiger partial charge in [0.15, 0.2) is 0 Å². The van der Waals surface area contributed by atoms with E-state index in [-0.39, 0.29) is 6.04 Å². The van der Waals surface area contributed by atoms with E-state index in [1.54, 1.807) is 24.3 Å². The van der Waals surface area contributed by atoms with Crippen molar-refractivity contribution in [1.29, 1.82) is 0 Å². The van der Waals surface area contributed by atoms with E-state index < -0.39 is 13.0 Å². The number of ether oxygens (including phenoxy) is 1. The molecule has 1 rings (SSSR count). The predicted octanol–water partition coefficient (Wildman–Crippen LogP) is 3.22. The van der Waals surface area contributed by atoms with Crippen LogP contribution in [0.2, 0.25) is 0 Å². The lowest BCUT2D eigenvalue weighted by molar-refractivity contribution is -0.330. The third kappa shape index (κ3) is 5.70. The zero-order valence-corrected chi connectivity index (χ0v) is 9.84. The zero-order valence-electron chi connectivity index (χ0n) is 9.84. The summed E-state index contributed by atoms with van der Waals surface area (Å²) in [6, 6.07) is 7.22. The van der Waals surface area contributed by atoms with Crippen LogP contribution in [0.4, 0.5) is 13.2 Å². The number of rotatable bonds is 5. The van der Waals surface area contributed by atoms with Gasteiger partial charge in [-0.05, 0) is 11.1 Å². The van der Waals surface area contributed by atoms with E-state index in [2.05, 4.69) is 10.1 Å². The van der Waals surface area contributed by atoms with Gasteiger partial charge in [-0.2, -0.15) is 0 Å². The average Bonchev–Trinajstić information content (AvgIpc) is 2.23. The molecule has 0 saturated carbocycles. The van der Waals surface area contributed by atoms with E-state index in [0.29, 0.717) is 12.1 Å². The van der Waals surface area contributed by atoms with Crippen LogP contribution in [-0.4, -0.2) is 12.4 Å². The first-order valence-corrected chi connectivity index (χ1v) is 5.39. The Morgan fingerprint density at radius 3 is 2.29 bits per heavy atom. The Bertz CT molecular complexity index is 350. The molecule has 0 atom stereocenters. The van der Waals surface area contributed by atoms with Crippen LogP contribution >= 0.6 is 0 Å². The maximum Gasteiger partial charge on any atom is 0.522 e. The molecule has 96 valence electrons. The lowest BCUT2D eigenvalue weighted by atomic mass is 10.1. The minimum absolute atomic E-state index is 0.284. The smallest absolute Gasteiger partial charge is 0.310 e. The van der Waals surface area contributed by atoms with Crippen molar-refractivity contribution in [2.75, 3.05) is 0 Å². The highest BCUT2D eigenvalue weighted by Gasteiger charge is 2.29. The summed E-state index contributed by atoms with van der Waals surface area (Å²) < 4.78 is 39.7. The molecule has 0 bridgehead atoms. The third-order valence-electron chi connectivity index (χ3n) is 2.21. The first-order chi connectivity index (χ1) is 7.88. The zero-order chi connectivity index (χ0) is 12.9. The summed E-state index contributed by atoms with van der Waals surface area (Å²) in [5, 5.41) is 3.16. The molecular formula is C12H16F3NO. The van der Waals surface area contributed by atoms with Gasteiger partial charge < -0.3 is 5.32 Å². The van der Waals surface area contributed by atoms with Crippen LogP contribution in [0.15, 0.2) is 24.3 Å². The normalized spacial score (nSPS) is 12.1. The lowest BCUT2D eigenvalue weighted by Gasteiger charge is -2.13. The summed E-state index contributed by atoms with van der Waals surface area (Å²) in [6.45, 7) is 4.05. The molecule has 0 fully saturated rings. The Labute approximate surface area is 98.8 Å². The quantitative estimate of drug-likeness (QED) is 0.862. The highest BCUT2D eigenvalue weighted by atomic mass is 19.4. The van der Waals surface area contributed by atoms with Crippen molar-refractivity contribution in [3.05, 3.63) is 35.4 Å². The summed E-state index contributed by atoms with van der Waals surface area (Å²) in [6.07, 6.45) is -4.58. The molecule has 1 aromatic carbocycles. The van der Waals surface area contributed by atoms with E-state index in [9.17, 15) is 13.2 Å². The van der Waals surface area contributed by atoms with Crippen molar-refractivity contribution in [2.45, 2.75) is 39.4 Å². The van der Waals surface area contributed by atoms with Crippen molar-refractivity contribution in [1.82, 2.24) is 5.32 Å². The fourth-order valence-electron chi connectivity index (χ4n) is 1.34. The van der Waals surface area contributed by atoms with E-state index >= 15 is 0 Å². The minimum atomic E-state index is -4.58. The van der Waals surface area contributed by atoms with Gasteiger partial charge in [0.1, 0.15) is 0 Å². The van der Waals surface area contributed by atoms with Crippen LogP contribution in [0.3, 0.4) is 0 Å². The minimum Gasteiger partial charge on any atom is -0.310 e. The molecule has 0 radical (unpaired) electrons. The van der Waals surface area contributed by atoms with E-state index in [0.717, 1.165) is 5.56 Å². The van der Waals surface area contributed by atoms with Crippen LogP contribution in [0.1, 0.15) is 25.0 Å². The van der Waals surface area contributed by atoms with Gasteiger partial charge in [-0.25, -0.2) is 0 Å². The van der Waals surface area contributed by atoms with Crippen molar-refractivity contribution in [3.63, 3.8) is 0 Å². The maximum absolute atomic E-state index is 11.9. The van der Waals surface area contributed by atoms with E-state index in [1.807, 2.05) is 13.8 Å². The van der Waals surface area contributed by atoms with Crippen LogP contribution in [-0.2, 0) is 17.9 Å². The Hall–Kier alpha value is -1.07. The highest BCUT2D eigenvalue weighted by molar-refractivity contribution is 5.26. The van der Waals surface area contributed by atoms with Crippen molar-refractivity contribution in [3.8, 4) is 0 Å². The lowest BCUT2D eigenvalue weighted by Crippen LogP contribution is -2.23. The Morgan fingerprint density at radius 1 is 1.18 bits per heavy atom. The Morgan fingerprint density at radius 2 is 1.76 bits per heavy atom. The van der Waals surface area contributed by atoms with E-state index in [1.165, 1.54) is 0 Å². The highest BCUT2D eigenvalue weighted by Crippen LogP contribution is 2.20. The molecule has 0 aliphatic heterocycles. The monoisotopic (exact) mass is 247 g/mol. The second-order valence-corrected chi connectivity index (χ2v) is 4.04. The first-order valence-electron chi connectivity index (χ1n) is 5.39. The molecule has 0 unspecified atom stereocenters. The van der Waals surface area contributed by atoms with Crippen LogP contribution in [0, 0.1) is 0 Å². The number of alkyl halides is 3. The van der Waals surface area contributed by atoms with Gasteiger partial charge in [0.2, 0.25) is 0 Å². The second kappa shape index (κ2) is 6.02. The molecular weight excluding hydrogens is 231 g/mol. The molecule has 0 aromatic heterocycles. The molecule has 1 N–H and O–H groups in total. The predicted molar refractivity (Wildman–Crippen MR) is 59.3 cm³/mol. The van der Waals surface area contributed by atoms with Gasteiger partial charge in [-0.1, -0.05) is 38.1 Å². The topological polar surface area (TPSA) is 21.3 Å². The molecule has 0 aliphatic rings. The van der Waals surface area contributed by atoms with E-state index in [4.69, 9.17) is 0 Å². The number of nitrogens with one attached hydrogen (secondary N) is 1. The van der Waals surface area contributed by atoms with Crippen LogP contribution in [0.5, 0.6) is 0 Å². The van der Waals surface area contributed by atoms with Crippen molar-refractivity contribution < 1.29 is 17.9 Å². The third-order valence-corrected chi connectivity index (χ3v) is 2.21. The van der Waals surface area contributed by atoms with Gasteiger partial charge in [0.05, 0.1) is 6.61 Å². The first kappa shape index (κ1) is 14.0. The van der Waals surface area contributed by atoms with Gasteiger partial charge in [-0.3, -0.25) is 4.74 Å². The molecule has 1 aromatic rings. The SMILES string of the molecule is CC(C)NCc1ccccc1COC(F)(F)F. The van der Waals surface area contributed by atoms with Crippen LogP contribution < -0.4 is 5.32 Å². The second-order valence-electron chi connectivity index (χ2n) is 4.04. The number of benzene rings is 1. The number of hydrogen-bond acceptors (Lipinski definition) is 2. The molecule has 17 heavy (non-hydrogen) atoms. The van der Waals surface area contributed by atoms with Crippen LogP contribution in [0.25, 0.3) is 0 Å². The Balaban J connectivity index is 2.64. The molecule has 0 heterocycles. The molecule has 0 saturated heterocycles. The van der Waals surface area contributed by atoms with Gasteiger partial charge >= 0.3 is 6.36 Å². The average molecular weight is 247 g/mol. The summed E-state index contributed by atoms with van der Waals surface area (Å²) in [5.41, 5.74) is 1.38. The number of hydrogen-bond donors (Lipinski definition) is 1. The van der Waals surface area contributed by atoms with Crippen molar-refractivity contribution in [2.24, 2.45) is 0 Å². The molecule has 0 aliphatic carbocycles.